The molecular formula is C20H33N3O3. The number of hydrogen-bond acceptors (Lipinski definition) is 4. The zero-order valence-electron chi connectivity index (χ0n) is 16.6. The molecule has 2 rings (SSSR count). The van der Waals surface area contributed by atoms with Gasteiger partial charge in [0, 0.05) is 38.1 Å². The van der Waals surface area contributed by atoms with Gasteiger partial charge in [-0.3, -0.25) is 4.99 Å². The van der Waals surface area contributed by atoms with Gasteiger partial charge in [0.05, 0.1) is 13.7 Å². The highest BCUT2D eigenvalue weighted by Gasteiger charge is 2.41. The average Bonchev–Trinajstić information content (AvgIpc) is 3.42. The van der Waals surface area contributed by atoms with Crippen molar-refractivity contribution in [2.75, 3.05) is 45.3 Å². The summed E-state index contributed by atoms with van der Waals surface area (Å²) in [5.74, 6) is 2.25. The molecule has 0 bridgehead atoms. The van der Waals surface area contributed by atoms with Crippen LogP contribution in [0.25, 0.3) is 0 Å². The lowest BCUT2D eigenvalue weighted by Gasteiger charge is -2.16. The minimum atomic E-state index is 0.327. The minimum Gasteiger partial charge on any atom is -0.493 e. The van der Waals surface area contributed by atoms with Crippen LogP contribution in [0.15, 0.2) is 23.2 Å². The normalized spacial score (nSPS) is 15.5. The Morgan fingerprint density at radius 1 is 1.15 bits per heavy atom. The van der Waals surface area contributed by atoms with Crippen molar-refractivity contribution in [3.05, 3.63) is 18.2 Å². The molecule has 0 aromatic heterocycles. The van der Waals surface area contributed by atoms with E-state index >= 15 is 0 Å². The largest absolute Gasteiger partial charge is 0.493 e. The highest BCUT2D eigenvalue weighted by Crippen LogP contribution is 2.49. The van der Waals surface area contributed by atoms with Crippen LogP contribution in [0.4, 0.5) is 5.69 Å². The standard InChI is InChI=1S/C20H33N3O3/c1-5-21-19(22-15-20(10-11-20)12-13-25-6-2)23-16-8-9-17(26-7-3)18(14-16)24-4/h8-9,14H,5-7,10-13,15H2,1-4H3,(H2,21,22,23). The second-order valence-electron chi connectivity index (χ2n) is 6.57. The summed E-state index contributed by atoms with van der Waals surface area (Å²) >= 11 is 0. The SMILES string of the molecule is CCNC(=NCC1(CCOCC)CC1)Nc1ccc(OCC)c(OC)c1. The smallest absolute Gasteiger partial charge is 0.195 e. The Balaban J connectivity index is 2.01. The van der Waals surface area contributed by atoms with Crippen LogP contribution in [-0.2, 0) is 4.74 Å². The van der Waals surface area contributed by atoms with Gasteiger partial charge in [0.1, 0.15) is 0 Å². The Hall–Kier alpha value is -1.95. The van der Waals surface area contributed by atoms with Crippen molar-refractivity contribution >= 4 is 11.6 Å². The second kappa shape index (κ2) is 10.3. The molecule has 146 valence electrons. The van der Waals surface area contributed by atoms with Gasteiger partial charge in [-0.25, -0.2) is 0 Å². The molecular weight excluding hydrogens is 330 g/mol. The summed E-state index contributed by atoms with van der Waals surface area (Å²) in [6.45, 7) is 9.91. The molecule has 1 aliphatic carbocycles. The third kappa shape index (κ3) is 6.09. The monoisotopic (exact) mass is 363 g/mol. The lowest BCUT2D eigenvalue weighted by molar-refractivity contribution is 0.129. The van der Waals surface area contributed by atoms with Crippen LogP contribution >= 0.6 is 0 Å². The van der Waals surface area contributed by atoms with Crippen molar-refractivity contribution in [1.82, 2.24) is 5.32 Å². The summed E-state index contributed by atoms with van der Waals surface area (Å²) in [6.07, 6.45) is 3.56. The van der Waals surface area contributed by atoms with Crippen molar-refractivity contribution in [3.8, 4) is 11.5 Å². The maximum atomic E-state index is 5.57. The molecule has 0 atom stereocenters. The summed E-state index contributed by atoms with van der Waals surface area (Å²) in [5, 5.41) is 6.68. The fraction of sp³-hybridized carbons (Fsp3) is 0.650. The average molecular weight is 364 g/mol. The molecule has 6 heteroatoms. The molecule has 0 saturated heterocycles. The first-order chi connectivity index (χ1) is 12.7. The molecule has 0 spiro atoms. The maximum Gasteiger partial charge on any atom is 0.195 e. The van der Waals surface area contributed by atoms with E-state index in [1.54, 1.807) is 7.11 Å². The number of anilines is 1. The number of nitrogens with zero attached hydrogens (tertiary/aromatic N) is 1. The molecule has 1 aromatic rings. The Kier molecular flexibility index (Phi) is 8.04. The summed E-state index contributed by atoms with van der Waals surface area (Å²) in [7, 11) is 1.65. The molecule has 0 amide bonds. The molecule has 0 heterocycles. The lowest BCUT2D eigenvalue weighted by atomic mass is 10.0. The van der Waals surface area contributed by atoms with Crippen molar-refractivity contribution in [2.45, 2.75) is 40.0 Å². The third-order valence-corrected chi connectivity index (χ3v) is 4.58. The summed E-state index contributed by atoms with van der Waals surface area (Å²) in [5.41, 5.74) is 1.25. The van der Waals surface area contributed by atoms with Gasteiger partial charge < -0.3 is 24.8 Å². The predicted octanol–water partition coefficient (Wildman–Crippen LogP) is 3.68. The molecule has 1 saturated carbocycles. The summed E-state index contributed by atoms with van der Waals surface area (Å²) in [4.78, 5) is 4.80. The number of aliphatic imine (C=N–C) groups is 1. The van der Waals surface area contributed by atoms with Gasteiger partial charge in [-0.2, -0.15) is 0 Å². The van der Waals surface area contributed by atoms with E-state index < -0.39 is 0 Å². The van der Waals surface area contributed by atoms with Crippen molar-refractivity contribution in [2.24, 2.45) is 10.4 Å². The van der Waals surface area contributed by atoms with Crippen LogP contribution < -0.4 is 20.1 Å². The Bertz CT molecular complexity index is 586. The predicted molar refractivity (Wildman–Crippen MR) is 107 cm³/mol. The first kappa shape index (κ1) is 20.4. The van der Waals surface area contributed by atoms with Crippen LogP contribution in [0.1, 0.15) is 40.0 Å². The fourth-order valence-electron chi connectivity index (χ4n) is 2.81. The number of guanidine groups is 1. The van der Waals surface area contributed by atoms with E-state index in [1.165, 1.54) is 12.8 Å². The number of benzene rings is 1. The van der Waals surface area contributed by atoms with Gasteiger partial charge in [0.2, 0.25) is 0 Å². The Morgan fingerprint density at radius 2 is 1.96 bits per heavy atom. The molecule has 2 N–H and O–H groups in total. The van der Waals surface area contributed by atoms with Gasteiger partial charge in [-0.05, 0) is 57.6 Å². The van der Waals surface area contributed by atoms with Crippen LogP contribution in [0.2, 0.25) is 0 Å². The zero-order chi connectivity index (χ0) is 18.8. The number of hydrogen-bond donors (Lipinski definition) is 2. The van der Waals surface area contributed by atoms with Crippen LogP contribution in [-0.4, -0.2) is 46.0 Å². The minimum absolute atomic E-state index is 0.327. The van der Waals surface area contributed by atoms with Crippen molar-refractivity contribution in [3.63, 3.8) is 0 Å². The van der Waals surface area contributed by atoms with Crippen molar-refractivity contribution in [1.29, 1.82) is 0 Å². The maximum absolute atomic E-state index is 5.57. The van der Waals surface area contributed by atoms with E-state index in [4.69, 9.17) is 19.2 Å². The highest BCUT2D eigenvalue weighted by molar-refractivity contribution is 5.94. The first-order valence-corrected chi connectivity index (χ1v) is 9.60. The first-order valence-electron chi connectivity index (χ1n) is 9.60. The van der Waals surface area contributed by atoms with Crippen LogP contribution in [0.3, 0.4) is 0 Å². The molecule has 1 fully saturated rings. The molecule has 1 aliphatic rings. The van der Waals surface area contributed by atoms with E-state index in [9.17, 15) is 0 Å². The lowest BCUT2D eigenvalue weighted by Crippen LogP contribution is -2.31. The zero-order valence-corrected chi connectivity index (χ0v) is 16.6. The van der Waals surface area contributed by atoms with E-state index in [2.05, 4.69) is 17.6 Å². The second-order valence-corrected chi connectivity index (χ2v) is 6.57. The van der Waals surface area contributed by atoms with Gasteiger partial charge >= 0.3 is 0 Å². The number of rotatable bonds is 11. The summed E-state index contributed by atoms with van der Waals surface area (Å²) in [6, 6.07) is 5.82. The molecule has 1 aromatic carbocycles. The van der Waals surface area contributed by atoms with E-state index in [0.29, 0.717) is 17.8 Å². The van der Waals surface area contributed by atoms with Gasteiger partial charge in [0.15, 0.2) is 17.5 Å². The number of methoxy groups -OCH3 is 1. The molecule has 0 aliphatic heterocycles. The molecule has 6 nitrogen and oxygen atoms in total. The Morgan fingerprint density at radius 3 is 2.58 bits per heavy atom. The van der Waals surface area contributed by atoms with Crippen molar-refractivity contribution < 1.29 is 14.2 Å². The van der Waals surface area contributed by atoms with Crippen LogP contribution in [0.5, 0.6) is 11.5 Å². The van der Waals surface area contributed by atoms with Gasteiger partial charge in [-0.1, -0.05) is 0 Å². The number of nitrogens with one attached hydrogen (secondary N) is 2. The van der Waals surface area contributed by atoms with Gasteiger partial charge in [-0.15, -0.1) is 0 Å². The molecule has 0 unspecified atom stereocenters. The van der Waals surface area contributed by atoms with Gasteiger partial charge in [0.25, 0.3) is 0 Å². The quantitative estimate of drug-likeness (QED) is 0.357. The topological polar surface area (TPSA) is 64.1 Å². The molecule has 26 heavy (non-hydrogen) atoms. The van der Waals surface area contributed by atoms with E-state index in [-0.39, 0.29) is 0 Å². The van der Waals surface area contributed by atoms with E-state index in [0.717, 1.165) is 50.1 Å². The van der Waals surface area contributed by atoms with Crippen LogP contribution in [0, 0.1) is 5.41 Å². The Labute approximate surface area is 157 Å². The molecule has 0 radical (unpaired) electrons. The fourth-order valence-corrected chi connectivity index (χ4v) is 2.81. The number of ether oxygens (including phenoxy) is 3. The highest BCUT2D eigenvalue weighted by atomic mass is 16.5. The third-order valence-electron chi connectivity index (χ3n) is 4.58. The summed E-state index contributed by atoms with van der Waals surface area (Å²) < 4.78 is 16.5. The van der Waals surface area contributed by atoms with E-state index in [1.807, 2.05) is 32.0 Å².